The van der Waals surface area contributed by atoms with Crippen molar-refractivity contribution in [2.24, 2.45) is 0 Å². The first-order valence-corrected chi connectivity index (χ1v) is 5.52. The second-order valence-corrected chi connectivity index (χ2v) is 4.05. The molecule has 1 N–H and O–H groups in total. The molecule has 0 saturated carbocycles. The fraction of sp³-hybridized carbons (Fsp3) is 0.0909. The van der Waals surface area contributed by atoms with Gasteiger partial charge in [0.25, 0.3) is 0 Å². The fourth-order valence-corrected chi connectivity index (χ4v) is 2.16. The van der Waals surface area contributed by atoms with Gasteiger partial charge >= 0.3 is 5.97 Å². The van der Waals surface area contributed by atoms with Crippen LogP contribution in [0.2, 0.25) is 0 Å². The molecule has 1 aromatic carbocycles. The van der Waals surface area contributed by atoms with Crippen molar-refractivity contribution >= 4 is 17.3 Å². The SMILES string of the molecule is COc1ccc(F)cc1-c1nc(C(=O)O)cs1. The van der Waals surface area contributed by atoms with E-state index >= 15 is 0 Å². The van der Waals surface area contributed by atoms with Gasteiger partial charge in [0.15, 0.2) is 5.69 Å². The van der Waals surface area contributed by atoms with Crippen molar-refractivity contribution in [1.82, 2.24) is 4.98 Å². The highest BCUT2D eigenvalue weighted by molar-refractivity contribution is 7.13. The maximum Gasteiger partial charge on any atom is 0.355 e. The van der Waals surface area contributed by atoms with E-state index in [-0.39, 0.29) is 5.69 Å². The summed E-state index contributed by atoms with van der Waals surface area (Å²) < 4.78 is 18.2. The van der Waals surface area contributed by atoms with Crippen molar-refractivity contribution in [3.63, 3.8) is 0 Å². The van der Waals surface area contributed by atoms with Gasteiger partial charge in [-0.1, -0.05) is 0 Å². The van der Waals surface area contributed by atoms with Crippen molar-refractivity contribution in [1.29, 1.82) is 0 Å². The van der Waals surface area contributed by atoms with Gasteiger partial charge in [0.05, 0.1) is 12.7 Å². The van der Waals surface area contributed by atoms with E-state index in [0.717, 1.165) is 11.3 Å². The molecule has 2 aromatic rings. The van der Waals surface area contributed by atoms with Crippen molar-refractivity contribution < 1.29 is 19.0 Å². The number of rotatable bonds is 3. The molecule has 0 radical (unpaired) electrons. The van der Waals surface area contributed by atoms with Crippen LogP contribution in [0.25, 0.3) is 10.6 Å². The number of carboxylic acid groups (broad SMARTS) is 1. The molecule has 1 aromatic heterocycles. The average Bonchev–Trinajstić information content (AvgIpc) is 2.78. The summed E-state index contributed by atoms with van der Waals surface area (Å²) in [5.41, 5.74) is 0.390. The van der Waals surface area contributed by atoms with Gasteiger partial charge in [-0.15, -0.1) is 11.3 Å². The number of methoxy groups -OCH3 is 1. The third-order valence-corrected chi connectivity index (χ3v) is 2.99. The number of carbonyl (C=O) groups is 1. The van der Waals surface area contributed by atoms with Gasteiger partial charge in [-0.3, -0.25) is 0 Å². The van der Waals surface area contributed by atoms with Crippen molar-refractivity contribution in [3.05, 3.63) is 35.1 Å². The molecular weight excluding hydrogens is 245 g/mol. The Hall–Kier alpha value is -1.95. The van der Waals surface area contributed by atoms with Gasteiger partial charge in [0.1, 0.15) is 16.6 Å². The molecule has 2 rings (SSSR count). The first-order valence-electron chi connectivity index (χ1n) is 4.64. The Bertz CT molecular complexity index is 568. The van der Waals surface area contributed by atoms with Crippen molar-refractivity contribution in [2.45, 2.75) is 0 Å². The van der Waals surface area contributed by atoms with Crippen LogP contribution >= 0.6 is 11.3 Å². The number of aromatic carboxylic acids is 1. The maximum absolute atomic E-state index is 13.1. The molecule has 0 saturated heterocycles. The van der Waals surface area contributed by atoms with Crippen LogP contribution in [0.3, 0.4) is 0 Å². The normalized spacial score (nSPS) is 10.2. The van der Waals surface area contributed by atoms with E-state index in [9.17, 15) is 9.18 Å². The molecule has 0 aliphatic carbocycles. The zero-order chi connectivity index (χ0) is 12.4. The molecule has 0 unspecified atom stereocenters. The van der Waals surface area contributed by atoms with Gasteiger partial charge in [0.2, 0.25) is 0 Å². The minimum Gasteiger partial charge on any atom is -0.496 e. The van der Waals surface area contributed by atoms with E-state index in [0.29, 0.717) is 16.3 Å². The summed E-state index contributed by atoms with van der Waals surface area (Å²) in [6.45, 7) is 0. The molecule has 0 atom stereocenters. The highest BCUT2D eigenvalue weighted by Crippen LogP contribution is 2.32. The van der Waals surface area contributed by atoms with Crippen LogP contribution in [0.15, 0.2) is 23.6 Å². The fourth-order valence-electron chi connectivity index (χ4n) is 1.34. The highest BCUT2D eigenvalue weighted by atomic mass is 32.1. The smallest absolute Gasteiger partial charge is 0.355 e. The number of aromatic nitrogens is 1. The van der Waals surface area contributed by atoms with Crippen molar-refractivity contribution in [3.8, 4) is 16.3 Å². The molecule has 0 bridgehead atoms. The van der Waals surface area contributed by atoms with Gasteiger partial charge < -0.3 is 9.84 Å². The van der Waals surface area contributed by atoms with Gasteiger partial charge in [0, 0.05) is 5.38 Å². The lowest BCUT2D eigenvalue weighted by Gasteiger charge is -2.05. The lowest BCUT2D eigenvalue weighted by molar-refractivity contribution is 0.0691. The number of halogens is 1. The maximum atomic E-state index is 13.1. The first kappa shape index (κ1) is 11.5. The Balaban J connectivity index is 2.51. The third-order valence-electron chi connectivity index (χ3n) is 2.12. The summed E-state index contributed by atoms with van der Waals surface area (Å²) in [5.74, 6) is -1.08. The standard InChI is InChI=1S/C11H8FNO3S/c1-16-9-3-2-6(12)4-7(9)10-13-8(5-17-10)11(14)15/h2-5H,1H3,(H,14,15). The zero-order valence-electron chi connectivity index (χ0n) is 8.81. The summed E-state index contributed by atoms with van der Waals surface area (Å²) in [5, 5.41) is 10.6. The largest absolute Gasteiger partial charge is 0.496 e. The molecular formula is C11H8FNO3S. The van der Waals surface area contributed by atoms with Crippen LogP contribution in [0.4, 0.5) is 4.39 Å². The monoisotopic (exact) mass is 253 g/mol. The number of nitrogens with zero attached hydrogens (tertiary/aromatic N) is 1. The molecule has 17 heavy (non-hydrogen) atoms. The summed E-state index contributed by atoms with van der Waals surface area (Å²) >= 11 is 1.13. The Morgan fingerprint density at radius 3 is 2.88 bits per heavy atom. The number of carboxylic acids is 1. The van der Waals surface area contributed by atoms with Gasteiger partial charge in [-0.2, -0.15) is 0 Å². The quantitative estimate of drug-likeness (QED) is 0.913. The second kappa shape index (κ2) is 4.50. The van der Waals surface area contributed by atoms with Crippen LogP contribution in [-0.4, -0.2) is 23.2 Å². The minimum absolute atomic E-state index is 0.0590. The molecule has 0 spiro atoms. The molecule has 88 valence electrons. The lowest BCUT2D eigenvalue weighted by atomic mass is 10.2. The molecule has 0 amide bonds. The molecule has 0 aliphatic heterocycles. The highest BCUT2D eigenvalue weighted by Gasteiger charge is 2.14. The minimum atomic E-state index is -1.11. The molecule has 1 heterocycles. The summed E-state index contributed by atoms with van der Waals surface area (Å²) in [6.07, 6.45) is 0. The van der Waals surface area contributed by atoms with Crippen LogP contribution in [0, 0.1) is 5.82 Å². The number of hydrogen-bond donors (Lipinski definition) is 1. The Morgan fingerprint density at radius 2 is 2.29 bits per heavy atom. The topological polar surface area (TPSA) is 59.4 Å². The summed E-state index contributed by atoms with van der Waals surface area (Å²) in [7, 11) is 1.46. The predicted octanol–water partition coefficient (Wildman–Crippen LogP) is 2.66. The van der Waals surface area contributed by atoms with Crippen molar-refractivity contribution in [2.75, 3.05) is 7.11 Å². The van der Waals surface area contributed by atoms with E-state index in [1.165, 1.54) is 30.7 Å². The predicted molar refractivity (Wildman–Crippen MR) is 61.0 cm³/mol. The van der Waals surface area contributed by atoms with Crippen LogP contribution in [0.1, 0.15) is 10.5 Å². The molecule has 0 aliphatic rings. The summed E-state index contributed by atoms with van der Waals surface area (Å²) in [4.78, 5) is 14.6. The van der Waals surface area contributed by atoms with E-state index in [2.05, 4.69) is 4.98 Å². The van der Waals surface area contributed by atoms with Crippen LogP contribution < -0.4 is 4.74 Å². The second-order valence-electron chi connectivity index (χ2n) is 3.19. The van der Waals surface area contributed by atoms with Crippen LogP contribution in [0.5, 0.6) is 5.75 Å². The van der Waals surface area contributed by atoms with E-state index in [1.54, 1.807) is 0 Å². The number of thiazole rings is 1. The summed E-state index contributed by atoms with van der Waals surface area (Å²) in [6, 6.07) is 4.02. The van der Waals surface area contributed by atoms with Gasteiger partial charge in [-0.05, 0) is 18.2 Å². The van der Waals surface area contributed by atoms with Gasteiger partial charge in [-0.25, -0.2) is 14.2 Å². The lowest BCUT2D eigenvalue weighted by Crippen LogP contribution is -1.96. The Kier molecular flexibility index (Phi) is 3.06. The number of hydrogen-bond acceptors (Lipinski definition) is 4. The van der Waals surface area contributed by atoms with Crippen LogP contribution in [-0.2, 0) is 0 Å². The molecule has 6 heteroatoms. The van der Waals surface area contributed by atoms with E-state index < -0.39 is 11.8 Å². The molecule has 4 nitrogen and oxygen atoms in total. The number of ether oxygens (including phenoxy) is 1. The van der Waals surface area contributed by atoms with E-state index in [1.807, 2.05) is 0 Å². The first-order chi connectivity index (χ1) is 8.11. The average molecular weight is 253 g/mol. The number of benzene rings is 1. The zero-order valence-corrected chi connectivity index (χ0v) is 9.62. The van der Waals surface area contributed by atoms with E-state index in [4.69, 9.17) is 9.84 Å². The Labute approximate surface area is 100 Å². The third kappa shape index (κ3) is 2.26. The Morgan fingerprint density at radius 1 is 1.53 bits per heavy atom. The molecule has 0 fully saturated rings.